The van der Waals surface area contributed by atoms with Crippen LogP contribution in [0.5, 0.6) is 0 Å². The molecular formula is C23H30N2O5S. The number of carbonyl (C=O) groups excluding carboxylic acids is 1. The van der Waals surface area contributed by atoms with Crippen LogP contribution < -0.4 is 5.32 Å². The number of nitrogens with one attached hydrogen (secondary N) is 1. The largest absolute Gasteiger partial charge is 0.465 e. The van der Waals surface area contributed by atoms with Gasteiger partial charge in [0, 0.05) is 26.1 Å². The first-order chi connectivity index (χ1) is 14.9. The first-order valence-corrected chi connectivity index (χ1v) is 12.6. The van der Waals surface area contributed by atoms with Crippen molar-refractivity contribution in [2.24, 2.45) is 0 Å². The van der Waals surface area contributed by atoms with E-state index in [0.29, 0.717) is 24.7 Å². The molecule has 1 atom stereocenters. The van der Waals surface area contributed by atoms with Crippen molar-refractivity contribution in [2.75, 3.05) is 38.6 Å². The van der Waals surface area contributed by atoms with Crippen molar-refractivity contribution < 1.29 is 22.4 Å². The van der Waals surface area contributed by atoms with Crippen LogP contribution in [0.1, 0.15) is 41.5 Å². The summed E-state index contributed by atoms with van der Waals surface area (Å²) in [5.41, 5.74) is 2.35. The number of fused-ring (bicyclic) bond motifs is 1. The minimum atomic E-state index is -3.49. The molecule has 1 N–H and O–H groups in total. The second-order valence-corrected chi connectivity index (χ2v) is 10.4. The predicted molar refractivity (Wildman–Crippen MR) is 117 cm³/mol. The molecule has 1 aromatic heterocycles. The summed E-state index contributed by atoms with van der Waals surface area (Å²) in [6.45, 7) is 5.05. The van der Waals surface area contributed by atoms with Crippen molar-refractivity contribution >= 4 is 15.7 Å². The van der Waals surface area contributed by atoms with E-state index in [0.717, 1.165) is 49.4 Å². The van der Waals surface area contributed by atoms with Gasteiger partial charge in [-0.15, -0.1) is 0 Å². The van der Waals surface area contributed by atoms with Gasteiger partial charge in [-0.25, -0.2) is 8.42 Å². The molecule has 2 aromatic rings. The lowest BCUT2D eigenvalue weighted by molar-refractivity contribution is -0.121. The maximum atomic E-state index is 12.7. The lowest BCUT2D eigenvalue weighted by Gasteiger charge is -2.33. The van der Waals surface area contributed by atoms with Crippen LogP contribution in [0.2, 0.25) is 0 Å². The molecule has 2 aliphatic rings. The maximum absolute atomic E-state index is 12.7. The zero-order valence-corrected chi connectivity index (χ0v) is 18.7. The highest BCUT2D eigenvalue weighted by molar-refractivity contribution is 7.91. The normalized spacial score (nSPS) is 18.0. The van der Waals surface area contributed by atoms with E-state index >= 15 is 0 Å². The molecule has 7 nitrogen and oxygen atoms in total. The number of sulfone groups is 1. The first kappa shape index (κ1) is 22.0. The minimum Gasteiger partial charge on any atom is -0.465 e. The topological polar surface area (TPSA) is 88.9 Å². The Bertz CT molecular complexity index is 1020. The number of ether oxygens (including phenoxy) is 1. The number of furan rings is 1. The molecule has 1 aliphatic carbocycles. The molecule has 1 saturated heterocycles. The van der Waals surface area contributed by atoms with Crippen molar-refractivity contribution in [2.45, 2.75) is 43.5 Å². The van der Waals surface area contributed by atoms with E-state index in [-0.39, 0.29) is 24.1 Å². The number of morpholine rings is 1. The standard InChI is InChI=1S/C23H30N2O5S/c1-17-5-8-22(30-17)21(25-10-12-29-13-11-25)16-24-23(26)9-14-31(27,28)20-7-6-18-3-2-4-19(18)15-20/h5-8,15,21H,2-4,9-14,16H2,1H3,(H,24,26). The SMILES string of the molecule is Cc1ccc(C(CNC(=O)CCS(=O)(=O)c2ccc3c(c2)CCC3)N2CCOCC2)o1. The highest BCUT2D eigenvalue weighted by Gasteiger charge is 2.26. The molecule has 168 valence electrons. The van der Waals surface area contributed by atoms with Gasteiger partial charge in [-0.05, 0) is 61.6 Å². The van der Waals surface area contributed by atoms with E-state index in [1.54, 1.807) is 12.1 Å². The Morgan fingerprint density at radius 3 is 2.65 bits per heavy atom. The number of rotatable bonds is 8. The van der Waals surface area contributed by atoms with Gasteiger partial charge >= 0.3 is 0 Å². The Labute approximate surface area is 183 Å². The predicted octanol–water partition coefficient (Wildman–Crippen LogP) is 2.43. The molecule has 31 heavy (non-hydrogen) atoms. The van der Waals surface area contributed by atoms with Gasteiger partial charge in [-0.2, -0.15) is 0 Å². The van der Waals surface area contributed by atoms with Gasteiger partial charge in [0.2, 0.25) is 5.91 Å². The van der Waals surface area contributed by atoms with Crippen LogP contribution in [0.3, 0.4) is 0 Å². The van der Waals surface area contributed by atoms with Crippen LogP contribution in [0.25, 0.3) is 0 Å². The third-order valence-electron chi connectivity index (χ3n) is 6.10. The number of hydrogen-bond acceptors (Lipinski definition) is 6. The minimum absolute atomic E-state index is 0.0631. The maximum Gasteiger partial charge on any atom is 0.221 e. The Kier molecular flexibility index (Phi) is 6.79. The fourth-order valence-corrected chi connectivity index (χ4v) is 5.60. The highest BCUT2D eigenvalue weighted by atomic mass is 32.2. The fraction of sp³-hybridized carbons (Fsp3) is 0.522. The second-order valence-electron chi connectivity index (χ2n) is 8.27. The van der Waals surface area contributed by atoms with Crippen molar-refractivity contribution in [1.82, 2.24) is 10.2 Å². The Balaban J connectivity index is 1.34. The number of hydrogen-bond donors (Lipinski definition) is 1. The van der Waals surface area contributed by atoms with Crippen LogP contribution in [0.15, 0.2) is 39.6 Å². The molecule has 1 fully saturated rings. The zero-order chi connectivity index (χ0) is 21.8. The summed E-state index contributed by atoms with van der Waals surface area (Å²) >= 11 is 0. The monoisotopic (exact) mass is 446 g/mol. The summed E-state index contributed by atoms with van der Waals surface area (Å²) in [5.74, 6) is 1.15. The van der Waals surface area contributed by atoms with Crippen LogP contribution in [0.4, 0.5) is 0 Å². The number of aryl methyl sites for hydroxylation is 3. The van der Waals surface area contributed by atoms with Crippen molar-refractivity contribution in [3.05, 3.63) is 53.0 Å². The summed E-state index contributed by atoms with van der Waals surface area (Å²) in [6, 6.07) is 9.10. The summed E-state index contributed by atoms with van der Waals surface area (Å²) < 4.78 is 36.7. The third-order valence-corrected chi connectivity index (χ3v) is 7.81. The Hall–Kier alpha value is -2.16. The molecule has 4 rings (SSSR count). The van der Waals surface area contributed by atoms with Gasteiger partial charge in [0.1, 0.15) is 11.5 Å². The number of benzene rings is 1. The van der Waals surface area contributed by atoms with Crippen LogP contribution in [-0.4, -0.2) is 57.8 Å². The quantitative estimate of drug-likeness (QED) is 0.670. The third kappa shape index (κ3) is 5.37. The molecule has 1 aromatic carbocycles. The lowest BCUT2D eigenvalue weighted by atomic mass is 10.1. The second kappa shape index (κ2) is 9.54. The molecule has 0 bridgehead atoms. The van der Waals surface area contributed by atoms with Crippen LogP contribution in [-0.2, 0) is 32.2 Å². The Morgan fingerprint density at radius 2 is 1.90 bits per heavy atom. The molecule has 0 spiro atoms. The molecule has 8 heteroatoms. The van der Waals surface area contributed by atoms with Gasteiger partial charge in [0.15, 0.2) is 9.84 Å². The van der Waals surface area contributed by atoms with Crippen molar-refractivity contribution in [3.8, 4) is 0 Å². The molecular weight excluding hydrogens is 416 g/mol. The smallest absolute Gasteiger partial charge is 0.221 e. The van der Waals surface area contributed by atoms with E-state index in [1.165, 1.54) is 5.56 Å². The summed E-state index contributed by atoms with van der Waals surface area (Å²) in [6.07, 6.45) is 2.94. The molecule has 0 radical (unpaired) electrons. The lowest BCUT2D eigenvalue weighted by Crippen LogP contribution is -2.43. The van der Waals surface area contributed by atoms with Crippen LogP contribution in [0, 0.1) is 6.92 Å². The van der Waals surface area contributed by atoms with E-state index in [9.17, 15) is 13.2 Å². The van der Waals surface area contributed by atoms with Gasteiger partial charge in [-0.1, -0.05) is 6.07 Å². The van der Waals surface area contributed by atoms with E-state index in [2.05, 4.69) is 10.2 Å². The van der Waals surface area contributed by atoms with E-state index < -0.39 is 9.84 Å². The van der Waals surface area contributed by atoms with E-state index in [1.807, 2.05) is 25.1 Å². The van der Waals surface area contributed by atoms with Crippen molar-refractivity contribution in [1.29, 1.82) is 0 Å². The number of amides is 1. The van der Waals surface area contributed by atoms with Gasteiger partial charge in [-0.3, -0.25) is 9.69 Å². The average molecular weight is 447 g/mol. The summed E-state index contributed by atoms with van der Waals surface area (Å²) in [4.78, 5) is 15.0. The average Bonchev–Trinajstić information content (AvgIpc) is 3.41. The zero-order valence-electron chi connectivity index (χ0n) is 17.9. The molecule has 1 amide bonds. The molecule has 1 aliphatic heterocycles. The highest BCUT2D eigenvalue weighted by Crippen LogP contribution is 2.26. The van der Waals surface area contributed by atoms with Gasteiger partial charge < -0.3 is 14.5 Å². The summed E-state index contributed by atoms with van der Waals surface area (Å²) in [7, 11) is -3.49. The summed E-state index contributed by atoms with van der Waals surface area (Å²) in [5, 5.41) is 2.91. The van der Waals surface area contributed by atoms with Gasteiger partial charge in [0.25, 0.3) is 0 Å². The molecule has 1 unspecified atom stereocenters. The first-order valence-electron chi connectivity index (χ1n) is 10.9. The fourth-order valence-electron chi connectivity index (χ4n) is 4.32. The molecule has 2 heterocycles. The number of carbonyl (C=O) groups is 1. The van der Waals surface area contributed by atoms with Gasteiger partial charge in [0.05, 0.1) is 29.9 Å². The molecule has 0 saturated carbocycles. The van der Waals surface area contributed by atoms with E-state index in [4.69, 9.17) is 9.15 Å². The number of nitrogens with zero attached hydrogens (tertiary/aromatic N) is 1. The Morgan fingerprint density at radius 1 is 1.13 bits per heavy atom. The van der Waals surface area contributed by atoms with Crippen molar-refractivity contribution in [3.63, 3.8) is 0 Å². The van der Waals surface area contributed by atoms with Crippen LogP contribution >= 0.6 is 0 Å².